The van der Waals surface area contributed by atoms with Crippen molar-refractivity contribution in [3.8, 4) is 12.1 Å². The van der Waals surface area contributed by atoms with Gasteiger partial charge in [0, 0.05) is 11.9 Å². The van der Waals surface area contributed by atoms with Gasteiger partial charge in [0.25, 0.3) is 0 Å². The van der Waals surface area contributed by atoms with Crippen LogP contribution in [0.5, 0.6) is 0 Å². The second-order valence-electron chi connectivity index (χ2n) is 3.72. The molecule has 0 spiro atoms. The van der Waals surface area contributed by atoms with E-state index in [2.05, 4.69) is 5.32 Å². The van der Waals surface area contributed by atoms with Crippen molar-refractivity contribution in [3.05, 3.63) is 41.1 Å². The van der Waals surface area contributed by atoms with E-state index in [1.807, 2.05) is 0 Å². The molecule has 1 N–H and O–H groups in total. The van der Waals surface area contributed by atoms with Crippen LogP contribution in [0, 0.1) is 22.7 Å². The van der Waals surface area contributed by atoms with E-state index in [1.165, 1.54) is 12.1 Å². The molecule has 110 valence electrons. The molecule has 0 unspecified atom stereocenters. The zero-order valence-electron chi connectivity index (χ0n) is 9.97. The summed E-state index contributed by atoms with van der Waals surface area (Å²) in [5, 5.41) is 18.9. The lowest BCUT2D eigenvalue weighted by molar-refractivity contribution is -0.143. The van der Waals surface area contributed by atoms with Gasteiger partial charge in [-0.2, -0.15) is 36.9 Å². The summed E-state index contributed by atoms with van der Waals surface area (Å²) < 4.78 is 75.3. The Bertz CT molecular complexity index is 595. The Hall–Kier alpha value is -2.68. The minimum Gasteiger partial charge on any atom is -0.360 e. The molecule has 9 heteroatoms. The van der Waals surface area contributed by atoms with E-state index in [0.29, 0.717) is 12.1 Å². The minimum absolute atomic E-state index is 0.0234. The standard InChI is InChI=1S/C12H5F6N3/c13-11(14,15)8-1-9(12(16,17)18)3-10(2-8)21-6-7(4-19)5-20/h1-3,6,21H. The molecule has 0 radical (unpaired) electrons. The van der Waals surface area contributed by atoms with Gasteiger partial charge in [0.2, 0.25) is 0 Å². The molecule has 0 aromatic heterocycles. The Morgan fingerprint density at radius 1 is 0.905 bits per heavy atom. The van der Waals surface area contributed by atoms with Crippen molar-refractivity contribution in [3.63, 3.8) is 0 Å². The van der Waals surface area contributed by atoms with Crippen LogP contribution < -0.4 is 5.32 Å². The van der Waals surface area contributed by atoms with Crippen LogP contribution in [-0.4, -0.2) is 0 Å². The molecule has 0 saturated carbocycles. The molecular formula is C12H5F6N3. The second kappa shape index (κ2) is 5.75. The summed E-state index contributed by atoms with van der Waals surface area (Å²) in [5.41, 5.74) is -4.03. The summed E-state index contributed by atoms with van der Waals surface area (Å²) in [4.78, 5) is 0. The highest BCUT2D eigenvalue weighted by atomic mass is 19.4. The first-order valence-electron chi connectivity index (χ1n) is 5.14. The Morgan fingerprint density at radius 2 is 1.33 bits per heavy atom. The molecule has 1 aromatic carbocycles. The fourth-order valence-electron chi connectivity index (χ4n) is 1.28. The molecule has 0 amide bonds. The largest absolute Gasteiger partial charge is 0.416 e. The van der Waals surface area contributed by atoms with Crippen LogP contribution >= 0.6 is 0 Å². The van der Waals surface area contributed by atoms with Crippen LogP contribution in [0.4, 0.5) is 32.0 Å². The lowest BCUT2D eigenvalue weighted by Gasteiger charge is -2.14. The van der Waals surface area contributed by atoms with Crippen LogP contribution in [0.2, 0.25) is 0 Å². The molecule has 1 rings (SSSR count). The van der Waals surface area contributed by atoms with Gasteiger partial charge in [0.05, 0.1) is 11.1 Å². The van der Waals surface area contributed by atoms with E-state index in [-0.39, 0.29) is 6.07 Å². The average molecular weight is 305 g/mol. The smallest absolute Gasteiger partial charge is 0.360 e. The third kappa shape index (κ3) is 4.42. The minimum atomic E-state index is -4.96. The van der Waals surface area contributed by atoms with Gasteiger partial charge in [-0.3, -0.25) is 0 Å². The summed E-state index contributed by atoms with van der Waals surface area (Å²) >= 11 is 0. The number of allylic oxidation sites excluding steroid dienone is 1. The van der Waals surface area contributed by atoms with Gasteiger partial charge in [0.15, 0.2) is 0 Å². The van der Waals surface area contributed by atoms with Crippen LogP contribution in [0.3, 0.4) is 0 Å². The lowest BCUT2D eigenvalue weighted by atomic mass is 10.1. The quantitative estimate of drug-likeness (QED) is 0.662. The van der Waals surface area contributed by atoms with Crippen LogP contribution in [0.25, 0.3) is 0 Å². The van der Waals surface area contributed by atoms with Crippen molar-refractivity contribution in [1.82, 2.24) is 0 Å². The monoisotopic (exact) mass is 305 g/mol. The molecule has 0 bridgehead atoms. The first-order valence-corrected chi connectivity index (χ1v) is 5.14. The van der Waals surface area contributed by atoms with Crippen LogP contribution in [0.1, 0.15) is 11.1 Å². The molecular weight excluding hydrogens is 300 g/mol. The lowest BCUT2D eigenvalue weighted by Crippen LogP contribution is -2.11. The molecule has 3 nitrogen and oxygen atoms in total. The predicted octanol–water partition coefficient (Wildman–Crippen LogP) is 4.07. The first-order chi connectivity index (χ1) is 9.57. The number of alkyl halides is 6. The zero-order valence-corrected chi connectivity index (χ0v) is 9.97. The summed E-state index contributed by atoms with van der Waals surface area (Å²) in [6, 6.07) is 3.67. The zero-order chi connectivity index (χ0) is 16.3. The third-order valence-corrected chi connectivity index (χ3v) is 2.21. The van der Waals surface area contributed by atoms with Gasteiger partial charge in [-0.15, -0.1) is 0 Å². The Labute approximate surface area is 114 Å². The average Bonchev–Trinajstić information content (AvgIpc) is 2.37. The normalized spacial score (nSPS) is 11.2. The molecule has 1 aromatic rings. The van der Waals surface area contributed by atoms with Crippen LogP contribution in [-0.2, 0) is 12.4 Å². The van der Waals surface area contributed by atoms with E-state index < -0.39 is 34.7 Å². The van der Waals surface area contributed by atoms with Crippen molar-refractivity contribution in [1.29, 1.82) is 10.5 Å². The number of nitriles is 2. The number of halogens is 6. The van der Waals surface area contributed by atoms with Gasteiger partial charge in [-0.25, -0.2) is 0 Å². The highest BCUT2D eigenvalue weighted by Gasteiger charge is 2.36. The molecule has 0 fully saturated rings. The maximum atomic E-state index is 12.6. The number of anilines is 1. The summed E-state index contributed by atoms with van der Waals surface area (Å²) in [5.74, 6) is 0. The molecule has 0 heterocycles. The molecule has 0 aliphatic heterocycles. The van der Waals surface area contributed by atoms with E-state index in [0.717, 1.165) is 6.20 Å². The Kier molecular flexibility index (Phi) is 4.48. The van der Waals surface area contributed by atoms with E-state index in [4.69, 9.17) is 10.5 Å². The number of nitrogens with one attached hydrogen (secondary N) is 1. The second-order valence-corrected chi connectivity index (χ2v) is 3.72. The van der Waals surface area contributed by atoms with Gasteiger partial charge in [-0.05, 0) is 18.2 Å². The highest BCUT2D eigenvalue weighted by Crippen LogP contribution is 2.37. The number of rotatable bonds is 2. The van der Waals surface area contributed by atoms with Gasteiger partial charge < -0.3 is 5.32 Å². The maximum absolute atomic E-state index is 12.6. The van der Waals surface area contributed by atoms with Crippen molar-refractivity contribution in [2.75, 3.05) is 5.32 Å². The Balaban J connectivity index is 3.31. The fraction of sp³-hybridized carbons (Fsp3) is 0.167. The third-order valence-electron chi connectivity index (χ3n) is 2.21. The summed E-state index contributed by atoms with van der Waals surface area (Å²) in [7, 11) is 0. The van der Waals surface area contributed by atoms with Crippen LogP contribution in [0.15, 0.2) is 30.0 Å². The SMILES string of the molecule is N#CC(C#N)=CNc1cc(C(F)(F)F)cc(C(F)(F)F)c1. The van der Waals surface area contributed by atoms with Gasteiger partial charge in [-0.1, -0.05) is 0 Å². The number of hydrogen-bond acceptors (Lipinski definition) is 3. The van der Waals surface area contributed by atoms with Gasteiger partial charge in [0.1, 0.15) is 17.7 Å². The predicted molar refractivity (Wildman–Crippen MR) is 59.4 cm³/mol. The van der Waals surface area contributed by atoms with Crippen molar-refractivity contribution < 1.29 is 26.3 Å². The summed E-state index contributed by atoms with van der Waals surface area (Å²) in [6.07, 6.45) is -9.21. The van der Waals surface area contributed by atoms with Crippen molar-refractivity contribution in [2.45, 2.75) is 12.4 Å². The molecule has 0 aliphatic carbocycles. The molecule has 0 aliphatic rings. The first kappa shape index (κ1) is 16.4. The Morgan fingerprint density at radius 3 is 1.67 bits per heavy atom. The molecule has 21 heavy (non-hydrogen) atoms. The topological polar surface area (TPSA) is 59.6 Å². The number of benzene rings is 1. The highest BCUT2D eigenvalue weighted by molar-refractivity contribution is 5.54. The van der Waals surface area contributed by atoms with Crippen molar-refractivity contribution >= 4 is 5.69 Å². The van der Waals surface area contributed by atoms with Gasteiger partial charge >= 0.3 is 12.4 Å². The van der Waals surface area contributed by atoms with E-state index in [1.54, 1.807) is 0 Å². The number of hydrogen-bond donors (Lipinski definition) is 1. The van der Waals surface area contributed by atoms with E-state index >= 15 is 0 Å². The fourth-order valence-corrected chi connectivity index (χ4v) is 1.28. The molecule has 0 atom stereocenters. The maximum Gasteiger partial charge on any atom is 0.416 e. The molecule has 0 saturated heterocycles. The van der Waals surface area contributed by atoms with E-state index in [9.17, 15) is 26.3 Å². The van der Waals surface area contributed by atoms with Crippen molar-refractivity contribution in [2.24, 2.45) is 0 Å². The number of nitrogens with zero attached hydrogens (tertiary/aromatic N) is 2. The summed E-state index contributed by atoms with van der Waals surface area (Å²) in [6.45, 7) is 0.